The Hall–Kier alpha value is -2.36. The monoisotopic (exact) mass is 313 g/mol. The summed E-state index contributed by atoms with van der Waals surface area (Å²) >= 11 is 0. The number of amides is 1. The van der Waals surface area contributed by atoms with E-state index >= 15 is 0 Å². The molecule has 1 saturated carbocycles. The van der Waals surface area contributed by atoms with E-state index in [2.05, 4.69) is 5.32 Å². The molecule has 0 radical (unpaired) electrons. The second-order valence-corrected chi connectivity index (χ2v) is 5.95. The third-order valence-electron chi connectivity index (χ3n) is 4.41. The molecule has 1 amide bonds. The van der Waals surface area contributed by atoms with Crippen molar-refractivity contribution in [2.45, 2.75) is 24.7 Å². The fourth-order valence-corrected chi connectivity index (χ4v) is 2.86. The van der Waals surface area contributed by atoms with Crippen LogP contribution in [0.2, 0.25) is 0 Å². The SMILES string of the molecule is COc1cccc(CCNC(=O)C2(c3ccc(F)cc3)CC2)c1. The van der Waals surface area contributed by atoms with Crippen molar-refractivity contribution in [3.05, 3.63) is 65.5 Å². The molecule has 0 bridgehead atoms. The number of nitrogens with one attached hydrogen (secondary N) is 1. The highest BCUT2D eigenvalue weighted by atomic mass is 19.1. The highest BCUT2D eigenvalue weighted by Gasteiger charge is 2.50. The highest BCUT2D eigenvalue weighted by molar-refractivity contribution is 5.91. The van der Waals surface area contributed by atoms with Crippen molar-refractivity contribution in [2.75, 3.05) is 13.7 Å². The first-order chi connectivity index (χ1) is 11.1. The van der Waals surface area contributed by atoms with Crippen molar-refractivity contribution in [3.63, 3.8) is 0 Å². The normalized spacial score (nSPS) is 15.0. The molecule has 1 N–H and O–H groups in total. The molecule has 1 aliphatic carbocycles. The number of ether oxygens (including phenoxy) is 1. The molecule has 0 atom stereocenters. The molecule has 1 fully saturated rings. The summed E-state index contributed by atoms with van der Waals surface area (Å²) in [7, 11) is 1.64. The Balaban J connectivity index is 1.58. The van der Waals surface area contributed by atoms with Gasteiger partial charge >= 0.3 is 0 Å². The van der Waals surface area contributed by atoms with E-state index in [1.165, 1.54) is 12.1 Å². The second kappa shape index (κ2) is 6.41. The molecule has 2 aromatic carbocycles. The molecule has 120 valence electrons. The molecular formula is C19H20FNO2. The van der Waals surface area contributed by atoms with Gasteiger partial charge in [-0.3, -0.25) is 4.79 Å². The molecule has 3 nitrogen and oxygen atoms in total. The quantitative estimate of drug-likeness (QED) is 0.889. The lowest BCUT2D eigenvalue weighted by Gasteiger charge is -2.16. The smallest absolute Gasteiger partial charge is 0.230 e. The van der Waals surface area contributed by atoms with Crippen LogP contribution in [0.5, 0.6) is 5.75 Å². The summed E-state index contributed by atoms with van der Waals surface area (Å²) in [6.45, 7) is 0.578. The maximum atomic E-state index is 13.0. The molecule has 4 heteroatoms. The van der Waals surface area contributed by atoms with Crippen molar-refractivity contribution in [2.24, 2.45) is 0 Å². The second-order valence-electron chi connectivity index (χ2n) is 5.95. The number of hydrogen-bond acceptors (Lipinski definition) is 2. The van der Waals surface area contributed by atoms with Crippen LogP contribution in [0.15, 0.2) is 48.5 Å². The van der Waals surface area contributed by atoms with E-state index < -0.39 is 5.41 Å². The Kier molecular flexibility index (Phi) is 4.33. The molecule has 1 aliphatic rings. The molecule has 0 saturated heterocycles. The van der Waals surface area contributed by atoms with Crippen molar-refractivity contribution in [3.8, 4) is 5.75 Å². The van der Waals surface area contributed by atoms with Crippen LogP contribution in [0.1, 0.15) is 24.0 Å². The van der Waals surface area contributed by atoms with Gasteiger partial charge in [-0.1, -0.05) is 24.3 Å². The lowest BCUT2D eigenvalue weighted by molar-refractivity contribution is -0.123. The lowest BCUT2D eigenvalue weighted by Crippen LogP contribution is -2.35. The number of carbonyl (C=O) groups excluding carboxylic acids is 1. The van der Waals surface area contributed by atoms with Crippen LogP contribution in [0.4, 0.5) is 4.39 Å². The third-order valence-corrected chi connectivity index (χ3v) is 4.41. The molecule has 23 heavy (non-hydrogen) atoms. The maximum absolute atomic E-state index is 13.0. The molecule has 0 unspecified atom stereocenters. The zero-order valence-electron chi connectivity index (χ0n) is 13.1. The Bertz CT molecular complexity index is 693. The van der Waals surface area contributed by atoms with Crippen LogP contribution >= 0.6 is 0 Å². The molecule has 0 heterocycles. The lowest BCUT2D eigenvalue weighted by atomic mass is 9.95. The zero-order chi connectivity index (χ0) is 16.3. The van der Waals surface area contributed by atoms with Gasteiger partial charge in [-0.15, -0.1) is 0 Å². The predicted molar refractivity (Wildman–Crippen MR) is 87.0 cm³/mol. The van der Waals surface area contributed by atoms with Gasteiger partial charge in [0.05, 0.1) is 12.5 Å². The van der Waals surface area contributed by atoms with Gasteiger partial charge in [0.2, 0.25) is 5.91 Å². The van der Waals surface area contributed by atoms with E-state index in [-0.39, 0.29) is 11.7 Å². The fraction of sp³-hybridized carbons (Fsp3) is 0.316. The average Bonchev–Trinajstić information content (AvgIpc) is 3.37. The minimum atomic E-state index is -0.456. The van der Waals surface area contributed by atoms with Crippen LogP contribution in [0.25, 0.3) is 0 Å². The van der Waals surface area contributed by atoms with Gasteiger partial charge < -0.3 is 10.1 Å². The Morgan fingerprint density at radius 3 is 2.61 bits per heavy atom. The standard InChI is InChI=1S/C19H20FNO2/c1-23-17-4-2-3-14(13-17)9-12-21-18(22)19(10-11-19)15-5-7-16(20)8-6-15/h2-8,13H,9-12H2,1H3,(H,21,22). The molecule has 0 spiro atoms. The number of hydrogen-bond donors (Lipinski definition) is 1. The fourth-order valence-electron chi connectivity index (χ4n) is 2.86. The topological polar surface area (TPSA) is 38.3 Å². The van der Waals surface area contributed by atoms with Crippen LogP contribution in [0, 0.1) is 5.82 Å². The summed E-state index contributed by atoms with van der Waals surface area (Å²) in [5.74, 6) is 0.578. The molecule has 2 aromatic rings. The Morgan fingerprint density at radius 1 is 1.22 bits per heavy atom. The maximum Gasteiger partial charge on any atom is 0.230 e. The Morgan fingerprint density at radius 2 is 1.96 bits per heavy atom. The number of methoxy groups -OCH3 is 1. The number of benzene rings is 2. The first kappa shape index (κ1) is 15.5. The number of rotatable bonds is 6. The average molecular weight is 313 g/mol. The summed E-state index contributed by atoms with van der Waals surface area (Å²) in [6.07, 6.45) is 2.40. The summed E-state index contributed by atoms with van der Waals surface area (Å²) in [5.41, 5.74) is 1.57. The Labute approximate surface area is 135 Å². The molecular weight excluding hydrogens is 293 g/mol. The summed E-state index contributed by atoms with van der Waals surface area (Å²) in [6, 6.07) is 14.1. The van der Waals surface area contributed by atoms with Crippen molar-refractivity contribution >= 4 is 5.91 Å². The number of carbonyl (C=O) groups is 1. The van der Waals surface area contributed by atoms with Crippen molar-refractivity contribution in [1.82, 2.24) is 5.32 Å². The van der Waals surface area contributed by atoms with Gasteiger partial charge in [-0.25, -0.2) is 4.39 Å². The first-order valence-electron chi connectivity index (χ1n) is 7.81. The van der Waals surface area contributed by atoms with Gasteiger partial charge in [0.15, 0.2) is 0 Å². The van der Waals surface area contributed by atoms with Crippen LogP contribution in [-0.2, 0) is 16.6 Å². The van der Waals surface area contributed by atoms with Crippen LogP contribution < -0.4 is 10.1 Å². The molecule has 0 aliphatic heterocycles. The largest absolute Gasteiger partial charge is 0.497 e. The van der Waals surface area contributed by atoms with Crippen molar-refractivity contribution in [1.29, 1.82) is 0 Å². The summed E-state index contributed by atoms with van der Waals surface area (Å²) in [5, 5.41) is 3.01. The molecule has 0 aromatic heterocycles. The summed E-state index contributed by atoms with van der Waals surface area (Å²) in [4.78, 5) is 12.5. The summed E-state index contributed by atoms with van der Waals surface area (Å²) < 4.78 is 18.2. The third kappa shape index (κ3) is 3.36. The van der Waals surface area contributed by atoms with Crippen LogP contribution in [-0.4, -0.2) is 19.6 Å². The van der Waals surface area contributed by atoms with Gasteiger partial charge in [0.1, 0.15) is 11.6 Å². The highest BCUT2D eigenvalue weighted by Crippen LogP contribution is 2.48. The zero-order valence-corrected chi connectivity index (χ0v) is 13.1. The van der Waals surface area contributed by atoms with E-state index in [9.17, 15) is 9.18 Å². The van der Waals surface area contributed by atoms with Gasteiger partial charge in [-0.05, 0) is 54.7 Å². The molecule has 3 rings (SSSR count). The van der Waals surface area contributed by atoms with Crippen LogP contribution in [0.3, 0.4) is 0 Å². The van der Waals surface area contributed by atoms with E-state index in [0.29, 0.717) is 6.54 Å². The minimum absolute atomic E-state index is 0.0343. The van der Waals surface area contributed by atoms with E-state index in [1.807, 2.05) is 24.3 Å². The van der Waals surface area contributed by atoms with E-state index in [4.69, 9.17) is 4.74 Å². The van der Waals surface area contributed by atoms with E-state index in [0.717, 1.165) is 36.1 Å². The van der Waals surface area contributed by atoms with Crippen molar-refractivity contribution < 1.29 is 13.9 Å². The van der Waals surface area contributed by atoms with E-state index in [1.54, 1.807) is 19.2 Å². The number of halogens is 1. The van der Waals surface area contributed by atoms with Gasteiger partial charge in [-0.2, -0.15) is 0 Å². The van der Waals surface area contributed by atoms with Gasteiger partial charge in [0.25, 0.3) is 0 Å². The predicted octanol–water partition coefficient (Wildman–Crippen LogP) is 3.22. The first-order valence-corrected chi connectivity index (χ1v) is 7.81. The minimum Gasteiger partial charge on any atom is -0.497 e. The van der Waals surface area contributed by atoms with Gasteiger partial charge in [0, 0.05) is 6.54 Å².